The minimum atomic E-state index is -0.854. The highest BCUT2D eigenvalue weighted by atomic mass is 35.5. The minimum Gasteiger partial charge on any atom is -0.458 e. The van der Waals surface area contributed by atoms with E-state index in [4.69, 9.17) is 9.47 Å². The molecule has 3 rings (SSSR count). The lowest BCUT2D eigenvalue weighted by Gasteiger charge is -2.28. The molecule has 0 fully saturated rings. The van der Waals surface area contributed by atoms with Gasteiger partial charge in [0.2, 0.25) is 5.91 Å². The van der Waals surface area contributed by atoms with E-state index in [0.29, 0.717) is 12.8 Å². The Kier molecular flexibility index (Phi) is 11.4. The van der Waals surface area contributed by atoms with Gasteiger partial charge in [-0.3, -0.25) is 4.79 Å². The summed E-state index contributed by atoms with van der Waals surface area (Å²) in [4.78, 5) is 39.1. The zero-order chi connectivity index (χ0) is 28.0. The molecule has 2 N–H and O–H groups in total. The Hall–Kier alpha value is -3.06. The third kappa shape index (κ3) is 8.46. The van der Waals surface area contributed by atoms with Gasteiger partial charge in [-0.15, -0.1) is 12.4 Å². The van der Waals surface area contributed by atoms with Crippen molar-refractivity contribution in [1.82, 2.24) is 10.6 Å². The molecule has 0 radical (unpaired) electrons. The zero-order valence-corrected chi connectivity index (χ0v) is 24.9. The predicted octanol–water partition coefficient (Wildman–Crippen LogP) is 6.23. The maximum Gasteiger partial charge on any atom is 0.407 e. The first kappa shape index (κ1) is 32.2. The number of ether oxygens (including phenoxy) is 2. The van der Waals surface area contributed by atoms with E-state index in [2.05, 4.69) is 34.9 Å². The van der Waals surface area contributed by atoms with Gasteiger partial charge in [-0.25, -0.2) is 9.59 Å². The SMILES string of the molecule is CC[C@H](C)[C@H](NC(=O)OCC1c2ccccc2-c2ccccc21)C(=O)N[C@@H](CC(C)C)C(=O)OC(C)(C)C.Cl. The number of carbonyl (C=O) groups is 3. The predicted molar refractivity (Wildman–Crippen MR) is 156 cm³/mol. The standard InChI is InChI=1S/C31H42N2O5.ClH/c1-8-20(4)27(28(34)32-26(17-19(2)3)29(35)38-31(5,6)7)33-30(36)37-18-25-23-15-11-9-13-21(23)22-14-10-12-16-24(22)25;/h9-16,19-20,25-27H,8,17-18H2,1-7H3,(H,32,34)(H,33,36);1H/t20-,26-,27-;/m0./s1. The van der Waals surface area contributed by atoms with Gasteiger partial charge in [-0.1, -0.05) is 82.6 Å². The molecule has 1 aliphatic rings. The summed E-state index contributed by atoms with van der Waals surface area (Å²) in [5.74, 6) is -1.00. The summed E-state index contributed by atoms with van der Waals surface area (Å²) >= 11 is 0. The molecule has 0 saturated carbocycles. The first-order chi connectivity index (χ1) is 17.9. The molecule has 2 amide bonds. The molecule has 0 spiro atoms. The summed E-state index contributed by atoms with van der Waals surface area (Å²) in [6.45, 7) is 13.3. The fourth-order valence-corrected chi connectivity index (χ4v) is 4.79. The number of fused-ring (bicyclic) bond motifs is 3. The highest BCUT2D eigenvalue weighted by molar-refractivity contribution is 5.90. The zero-order valence-electron chi connectivity index (χ0n) is 24.1. The van der Waals surface area contributed by atoms with Gasteiger partial charge in [0.25, 0.3) is 0 Å². The molecular formula is C31H43ClN2O5. The molecule has 0 aliphatic heterocycles. The quantitative estimate of drug-likeness (QED) is 0.337. The van der Waals surface area contributed by atoms with Crippen LogP contribution in [0.2, 0.25) is 0 Å². The molecule has 0 aromatic heterocycles. The molecule has 0 heterocycles. The van der Waals surface area contributed by atoms with Crippen LogP contribution in [0.1, 0.15) is 78.4 Å². The molecule has 2 aromatic carbocycles. The molecule has 214 valence electrons. The minimum absolute atomic E-state index is 0. The number of hydrogen-bond donors (Lipinski definition) is 2. The summed E-state index contributed by atoms with van der Waals surface area (Å²) in [6, 6.07) is 14.6. The lowest BCUT2D eigenvalue weighted by atomic mass is 9.97. The Balaban J connectivity index is 0.00000533. The molecule has 3 atom stereocenters. The lowest BCUT2D eigenvalue weighted by molar-refractivity contribution is -0.159. The van der Waals surface area contributed by atoms with Gasteiger partial charge in [0, 0.05) is 5.92 Å². The van der Waals surface area contributed by atoms with Gasteiger partial charge in [0.15, 0.2) is 0 Å². The summed E-state index contributed by atoms with van der Waals surface area (Å²) in [7, 11) is 0. The van der Waals surface area contributed by atoms with Gasteiger partial charge < -0.3 is 20.1 Å². The summed E-state index contributed by atoms with van der Waals surface area (Å²) in [6.07, 6.45) is 0.423. The van der Waals surface area contributed by atoms with Crippen LogP contribution in [0.4, 0.5) is 4.79 Å². The number of hydrogen-bond acceptors (Lipinski definition) is 5. The van der Waals surface area contributed by atoms with Crippen molar-refractivity contribution in [3.05, 3.63) is 59.7 Å². The maximum atomic E-state index is 13.3. The van der Waals surface area contributed by atoms with Gasteiger partial charge in [-0.2, -0.15) is 0 Å². The van der Waals surface area contributed by atoms with Crippen molar-refractivity contribution in [3.63, 3.8) is 0 Å². The Morgan fingerprint density at radius 3 is 1.92 bits per heavy atom. The lowest BCUT2D eigenvalue weighted by Crippen LogP contribution is -2.55. The van der Waals surface area contributed by atoms with Gasteiger partial charge in [0.05, 0.1) is 0 Å². The molecular weight excluding hydrogens is 516 g/mol. The number of benzene rings is 2. The van der Waals surface area contributed by atoms with Crippen molar-refractivity contribution in [2.24, 2.45) is 11.8 Å². The van der Waals surface area contributed by atoms with Crippen LogP contribution in [-0.4, -0.2) is 42.3 Å². The molecule has 2 aromatic rings. The van der Waals surface area contributed by atoms with Crippen LogP contribution in [0.25, 0.3) is 11.1 Å². The van der Waals surface area contributed by atoms with E-state index >= 15 is 0 Å². The Morgan fingerprint density at radius 2 is 1.44 bits per heavy atom. The third-order valence-corrected chi connectivity index (χ3v) is 6.83. The third-order valence-electron chi connectivity index (χ3n) is 6.83. The molecule has 1 aliphatic carbocycles. The molecule has 8 heteroatoms. The summed E-state index contributed by atoms with van der Waals surface area (Å²) in [5, 5.41) is 5.59. The molecule has 0 saturated heterocycles. The van der Waals surface area contributed by atoms with Crippen LogP contribution < -0.4 is 10.6 Å². The second kappa shape index (κ2) is 13.8. The first-order valence-corrected chi connectivity index (χ1v) is 13.6. The molecule has 7 nitrogen and oxygen atoms in total. The van der Waals surface area contributed by atoms with Crippen molar-refractivity contribution in [1.29, 1.82) is 0 Å². The van der Waals surface area contributed by atoms with E-state index in [1.54, 1.807) is 20.8 Å². The van der Waals surface area contributed by atoms with E-state index in [-0.39, 0.29) is 36.8 Å². The smallest absolute Gasteiger partial charge is 0.407 e. The van der Waals surface area contributed by atoms with Crippen molar-refractivity contribution in [3.8, 4) is 11.1 Å². The van der Waals surface area contributed by atoms with E-state index in [1.165, 1.54) is 0 Å². The number of nitrogens with one attached hydrogen (secondary N) is 2. The second-order valence-corrected chi connectivity index (χ2v) is 11.6. The van der Waals surface area contributed by atoms with Gasteiger partial charge >= 0.3 is 12.1 Å². The second-order valence-electron chi connectivity index (χ2n) is 11.6. The Labute approximate surface area is 238 Å². The number of rotatable bonds is 10. The average Bonchev–Trinajstić information content (AvgIpc) is 3.17. The molecule has 39 heavy (non-hydrogen) atoms. The number of halogens is 1. The fourth-order valence-electron chi connectivity index (χ4n) is 4.79. The van der Waals surface area contributed by atoms with Crippen molar-refractivity contribution >= 4 is 30.4 Å². The van der Waals surface area contributed by atoms with E-state index in [0.717, 1.165) is 22.3 Å². The molecule has 0 unspecified atom stereocenters. The van der Waals surface area contributed by atoms with Crippen molar-refractivity contribution in [2.75, 3.05) is 6.61 Å². The van der Waals surface area contributed by atoms with Crippen molar-refractivity contribution < 1.29 is 23.9 Å². The van der Waals surface area contributed by atoms with Crippen LogP contribution in [0, 0.1) is 11.8 Å². The van der Waals surface area contributed by atoms with E-state index < -0.39 is 35.7 Å². The Morgan fingerprint density at radius 1 is 0.897 bits per heavy atom. The maximum absolute atomic E-state index is 13.3. The average molecular weight is 559 g/mol. The highest BCUT2D eigenvalue weighted by Crippen LogP contribution is 2.44. The van der Waals surface area contributed by atoms with Crippen molar-refractivity contribution in [2.45, 2.75) is 84.9 Å². The number of carbonyl (C=O) groups excluding carboxylic acids is 3. The fraction of sp³-hybridized carbons (Fsp3) is 0.516. The van der Waals surface area contributed by atoms with E-state index in [9.17, 15) is 14.4 Å². The topological polar surface area (TPSA) is 93.7 Å². The monoisotopic (exact) mass is 558 g/mol. The van der Waals surface area contributed by atoms with Crippen LogP contribution in [0.15, 0.2) is 48.5 Å². The number of alkyl carbamates (subject to hydrolysis) is 1. The van der Waals surface area contributed by atoms with Crippen LogP contribution in [0.3, 0.4) is 0 Å². The molecule has 0 bridgehead atoms. The van der Waals surface area contributed by atoms with Gasteiger partial charge in [0.1, 0.15) is 24.3 Å². The normalized spacial score (nSPS) is 14.8. The highest BCUT2D eigenvalue weighted by Gasteiger charge is 2.34. The van der Waals surface area contributed by atoms with Gasteiger partial charge in [-0.05, 0) is 61.3 Å². The number of esters is 1. The number of amides is 2. The largest absolute Gasteiger partial charge is 0.458 e. The van der Waals surface area contributed by atoms with Crippen LogP contribution in [-0.2, 0) is 19.1 Å². The summed E-state index contributed by atoms with van der Waals surface area (Å²) in [5.41, 5.74) is 3.85. The van der Waals surface area contributed by atoms with E-state index in [1.807, 2.05) is 52.0 Å². The Bertz CT molecular complexity index is 1100. The summed E-state index contributed by atoms with van der Waals surface area (Å²) < 4.78 is 11.2. The first-order valence-electron chi connectivity index (χ1n) is 13.6. The van der Waals surface area contributed by atoms with Crippen LogP contribution >= 0.6 is 12.4 Å². The van der Waals surface area contributed by atoms with Crippen LogP contribution in [0.5, 0.6) is 0 Å².